The van der Waals surface area contributed by atoms with E-state index < -0.39 is 0 Å². The van der Waals surface area contributed by atoms with E-state index in [9.17, 15) is 4.79 Å². The third-order valence-electron chi connectivity index (χ3n) is 7.35. The maximum Gasteiger partial charge on any atom is 0.256 e. The lowest BCUT2D eigenvalue weighted by Gasteiger charge is -2.37. The minimum atomic E-state index is 0.0222. The number of nitrogens with zero attached hydrogens (tertiary/aromatic N) is 4. The lowest BCUT2D eigenvalue weighted by Crippen LogP contribution is -2.37. The molecule has 3 aromatic rings. The summed E-state index contributed by atoms with van der Waals surface area (Å²) < 4.78 is 7.95. The Balaban J connectivity index is 1.34. The first-order valence-corrected chi connectivity index (χ1v) is 11.0. The Morgan fingerprint density at radius 2 is 2.07 bits per heavy atom. The summed E-state index contributed by atoms with van der Waals surface area (Å²) in [5.41, 5.74) is 1.78. The summed E-state index contributed by atoms with van der Waals surface area (Å²) in [6, 6.07) is 8.01. The van der Waals surface area contributed by atoms with Crippen LogP contribution in [-0.2, 0) is 11.3 Å². The van der Waals surface area contributed by atoms with Crippen molar-refractivity contribution in [3.05, 3.63) is 48.2 Å². The average molecular weight is 406 g/mol. The lowest BCUT2D eigenvalue weighted by atomic mass is 9.71. The average Bonchev–Trinajstić information content (AvgIpc) is 3.16. The van der Waals surface area contributed by atoms with Crippen molar-refractivity contribution in [2.45, 2.75) is 38.1 Å². The van der Waals surface area contributed by atoms with Crippen molar-refractivity contribution >= 4 is 16.8 Å². The van der Waals surface area contributed by atoms with E-state index in [4.69, 9.17) is 4.74 Å². The summed E-state index contributed by atoms with van der Waals surface area (Å²) in [7, 11) is 0. The Kier molecular flexibility index (Phi) is 4.19. The number of nitrogens with one attached hydrogen (secondary N) is 1. The van der Waals surface area contributed by atoms with Crippen molar-refractivity contribution in [2.24, 2.45) is 11.3 Å². The Bertz CT molecular complexity index is 1080. The topological polar surface area (TPSA) is 76.0 Å². The molecule has 7 heteroatoms. The van der Waals surface area contributed by atoms with E-state index in [1.165, 1.54) is 12.8 Å². The molecule has 1 spiro atoms. The zero-order valence-corrected chi connectivity index (χ0v) is 17.1. The number of rotatable bonds is 4. The molecule has 1 unspecified atom stereocenters. The van der Waals surface area contributed by atoms with Gasteiger partial charge in [-0.05, 0) is 37.7 Å². The Hall–Kier alpha value is -2.67. The second-order valence-electron chi connectivity index (χ2n) is 9.25. The monoisotopic (exact) mass is 405 g/mol. The first-order valence-electron chi connectivity index (χ1n) is 11.0. The highest BCUT2D eigenvalue weighted by Crippen LogP contribution is 2.49. The van der Waals surface area contributed by atoms with Gasteiger partial charge in [-0.2, -0.15) is 0 Å². The number of H-pyrrole nitrogens is 1. The van der Waals surface area contributed by atoms with Crippen LogP contribution in [-0.4, -0.2) is 56.9 Å². The van der Waals surface area contributed by atoms with Crippen LogP contribution in [0.5, 0.6) is 0 Å². The van der Waals surface area contributed by atoms with Crippen LogP contribution in [0.2, 0.25) is 0 Å². The van der Waals surface area contributed by atoms with Gasteiger partial charge in [-0.3, -0.25) is 4.79 Å². The summed E-state index contributed by atoms with van der Waals surface area (Å²) in [6.07, 6.45) is 8.26. The predicted octanol–water partition coefficient (Wildman–Crippen LogP) is 3.21. The van der Waals surface area contributed by atoms with E-state index in [1.807, 2.05) is 41.7 Å². The third kappa shape index (κ3) is 2.95. The predicted molar refractivity (Wildman–Crippen MR) is 112 cm³/mol. The van der Waals surface area contributed by atoms with Crippen LogP contribution in [0.25, 0.3) is 10.9 Å². The molecule has 30 heavy (non-hydrogen) atoms. The van der Waals surface area contributed by atoms with Crippen molar-refractivity contribution in [3.8, 4) is 0 Å². The highest BCUT2D eigenvalue weighted by Gasteiger charge is 2.51. The molecule has 1 N–H and O–H groups in total. The highest BCUT2D eigenvalue weighted by atomic mass is 16.5. The molecule has 1 aliphatic carbocycles. The number of benzene rings is 1. The molecule has 1 amide bonds. The molecule has 6 rings (SSSR count). The molecule has 1 aromatic carbocycles. The molecule has 0 bridgehead atoms. The number of aromatic amines is 1. The zero-order chi connectivity index (χ0) is 20.1. The minimum absolute atomic E-state index is 0.0222. The molecule has 7 nitrogen and oxygen atoms in total. The number of carbonyl (C=O) groups excluding carboxylic acids is 1. The maximum absolute atomic E-state index is 13.6. The first-order chi connectivity index (χ1) is 14.7. The second-order valence-corrected chi connectivity index (χ2v) is 9.25. The van der Waals surface area contributed by atoms with E-state index in [0.29, 0.717) is 6.54 Å². The number of ether oxygens (including phenoxy) is 1. The van der Waals surface area contributed by atoms with Gasteiger partial charge < -0.3 is 19.2 Å². The van der Waals surface area contributed by atoms with Crippen molar-refractivity contribution in [1.29, 1.82) is 0 Å². The van der Waals surface area contributed by atoms with Crippen molar-refractivity contribution in [2.75, 3.05) is 26.3 Å². The molecule has 2 aromatic heterocycles. The number of para-hydroxylation sites is 1. The lowest BCUT2D eigenvalue weighted by molar-refractivity contribution is 0.0107. The van der Waals surface area contributed by atoms with Crippen molar-refractivity contribution < 1.29 is 9.53 Å². The largest absolute Gasteiger partial charge is 0.381 e. The fourth-order valence-electron chi connectivity index (χ4n) is 5.44. The number of hydrogen-bond acceptors (Lipinski definition) is 4. The van der Waals surface area contributed by atoms with E-state index in [2.05, 4.69) is 19.7 Å². The van der Waals surface area contributed by atoms with E-state index in [1.54, 1.807) is 0 Å². The minimum Gasteiger partial charge on any atom is -0.381 e. The molecule has 1 atom stereocenters. The van der Waals surface area contributed by atoms with Crippen LogP contribution in [0, 0.1) is 11.3 Å². The van der Waals surface area contributed by atoms with Gasteiger partial charge in [0.05, 0.1) is 5.56 Å². The van der Waals surface area contributed by atoms with Crippen LogP contribution < -0.4 is 0 Å². The van der Waals surface area contributed by atoms with Gasteiger partial charge >= 0.3 is 0 Å². The normalized spacial score (nSPS) is 23.5. The molecule has 0 radical (unpaired) electrons. The Morgan fingerprint density at radius 3 is 2.90 bits per heavy atom. The summed E-state index contributed by atoms with van der Waals surface area (Å²) in [5.74, 6) is 2.12. The number of hydrogen-bond donors (Lipinski definition) is 1. The molecule has 156 valence electrons. The van der Waals surface area contributed by atoms with Crippen LogP contribution in [0.4, 0.5) is 0 Å². The first kappa shape index (κ1) is 18.1. The summed E-state index contributed by atoms with van der Waals surface area (Å²) in [6.45, 7) is 3.96. The number of fused-ring (bicyclic) bond motifs is 1. The Morgan fingerprint density at radius 1 is 1.23 bits per heavy atom. The maximum atomic E-state index is 13.6. The summed E-state index contributed by atoms with van der Waals surface area (Å²) in [5, 5.41) is 9.81. The zero-order valence-electron chi connectivity index (χ0n) is 17.1. The van der Waals surface area contributed by atoms with Gasteiger partial charge in [-0.25, -0.2) is 0 Å². The van der Waals surface area contributed by atoms with Crippen LogP contribution in [0.3, 0.4) is 0 Å². The highest BCUT2D eigenvalue weighted by molar-refractivity contribution is 6.06. The van der Waals surface area contributed by atoms with Gasteiger partial charge in [-0.1, -0.05) is 18.2 Å². The van der Waals surface area contributed by atoms with Gasteiger partial charge in [0.2, 0.25) is 0 Å². The van der Waals surface area contributed by atoms with E-state index in [-0.39, 0.29) is 17.2 Å². The van der Waals surface area contributed by atoms with Gasteiger partial charge in [0, 0.05) is 61.3 Å². The molecule has 3 fully saturated rings. The summed E-state index contributed by atoms with van der Waals surface area (Å²) >= 11 is 0. The van der Waals surface area contributed by atoms with Crippen LogP contribution in [0.1, 0.15) is 47.8 Å². The Labute approximate surface area is 175 Å². The van der Waals surface area contributed by atoms with Crippen molar-refractivity contribution in [3.63, 3.8) is 0 Å². The van der Waals surface area contributed by atoms with Gasteiger partial charge in [0.25, 0.3) is 5.91 Å². The van der Waals surface area contributed by atoms with Gasteiger partial charge in [0.1, 0.15) is 12.2 Å². The number of likely N-dealkylation sites (tertiary alicyclic amines) is 1. The molecular formula is C23H27N5O2. The van der Waals surface area contributed by atoms with Gasteiger partial charge in [0.15, 0.2) is 0 Å². The number of amides is 1. The quantitative estimate of drug-likeness (QED) is 0.723. The van der Waals surface area contributed by atoms with Crippen molar-refractivity contribution in [1.82, 2.24) is 24.6 Å². The van der Waals surface area contributed by atoms with Gasteiger partial charge in [-0.15, -0.1) is 10.2 Å². The van der Waals surface area contributed by atoms with E-state index >= 15 is 0 Å². The van der Waals surface area contributed by atoms with Crippen LogP contribution in [0.15, 0.2) is 36.8 Å². The fraction of sp³-hybridized carbons (Fsp3) is 0.522. The molecule has 4 heterocycles. The van der Waals surface area contributed by atoms with Crippen LogP contribution >= 0.6 is 0 Å². The SMILES string of the molecule is O=C(c1c[nH]c2ccccc12)N1CC(c2nncn2CC2CC2)C2(CCOCC2)C1. The molecule has 3 aliphatic rings. The smallest absolute Gasteiger partial charge is 0.256 e. The van der Waals surface area contributed by atoms with E-state index in [0.717, 1.165) is 67.4 Å². The second kappa shape index (κ2) is 6.94. The summed E-state index contributed by atoms with van der Waals surface area (Å²) in [4.78, 5) is 18.9. The molecule has 2 aliphatic heterocycles. The number of carbonyl (C=O) groups is 1. The fourth-order valence-corrected chi connectivity index (χ4v) is 5.44. The molecular weight excluding hydrogens is 378 g/mol. The third-order valence-corrected chi connectivity index (χ3v) is 7.35. The number of aromatic nitrogens is 4. The molecule has 1 saturated carbocycles. The molecule has 2 saturated heterocycles. The standard InChI is InChI=1S/C23H27N5O2/c29-22(18-11-24-20-4-2-1-3-17(18)20)27-13-19(23(14-27)7-9-30-10-8-23)21-26-25-15-28(21)12-16-5-6-16/h1-4,11,15-16,19,24H,5-10,12-14H2.